The van der Waals surface area contributed by atoms with Gasteiger partial charge in [-0.1, -0.05) is 25.3 Å². The lowest BCUT2D eigenvalue weighted by atomic mass is 9.53. The van der Waals surface area contributed by atoms with Crippen LogP contribution < -0.4 is 0 Å². The molecule has 170 valence electrons. The van der Waals surface area contributed by atoms with Gasteiger partial charge in [0.15, 0.2) is 0 Å². The zero-order chi connectivity index (χ0) is 21.9. The molecule has 3 rings (SSSR count). The van der Waals surface area contributed by atoms with Crippen molar-refractivity contribution in [2.24, 2.45) is 23.2 Å². The molecule has 0 heterocycles. The third-order valence-electron chi connectivity index (χ3n) is 7.86. The van der Waals surface area contributed by atoms with Crippen LogP contribution in [0.15, 0.2) is 34.3 Å². The van der Waals surface area contributed by atoms with E-state index in [0.717, 1.165) is 36.0 Å². The van der Waals surface area contributed by atoms with Crippen LogP contribution in [0.5, 0.6) is 0 Å². The Balaban J connectivity index is 1.93. The first-order valence-corrected chi connectivity index (χ1v) is 11.9. The molecule has 0 saturated heterocycles. The second-order valence-corrected chi connectivity index (χ2v) is 10.2. The van der Waals surface area contributed by atoms with Gasteiger partial charge in [0.25, 0.3) is 0 Å². The summed E-state index contributed by atoms with van der Waals surface area (Å²) in [5.41, 5.74) is 3.41. The molecular formula is C26H42O4. The summed E-state index contributed by atoms with van der Waals surface area (Å²) in [6.45, 7) is 9.31. The van der Waals surface area contributed by atoms with E-state index in [1.165, 1.54) is 32.1 Å². The lowest BCUT2D eigenvalue weighted by molar-refractivity contribution is 0.00913. The topological polar surface area (TPSA) is 58.9 Å². The molecule has 3 unspecified atom stereocenters. The Morgan fingerprint density at radius 3 is 2.40 bits per heavy atom. The lowest BCUT2D eigenvalue weighted by Gasteiger charge is -2.52. The van der Waals surface area contributed by atoms with Gasteiger partial charge in [0, 0.05) is 18.6 Å². The van der Waals surface area contributed by atoms with Gasteiger partial charge < -0.3 is 19.7 Å². The minimum atomic E-state index is 0.105. The van der Waals surface area contributed by atoms with Crippen molar-refractivity contribution in [1.82, 2.24) is 0 Å². The first-order chi connectivity index (χ1) is 14.3. The van der Waals surface area contributed by atoms with Crippen LogP contribution in [0, 0.1) is 23.2 Å². The van der Waals surface area contributed by atoms with E-state index in [-0.39, 0.29) is 17.4 Å². The van der Waals surface area contributed by atoms with Crippen LogP contribution in [-0.4, -0.2) is 36.6 Å². The summed E-state index contributed by atoms with van der Waals surface area (Å²) in [5.74, 6) is 2.05. The summed E-state index contributed by atoms with van der Waals surface area (Å²) in [6, 6.07) is 0. The summed E-state index contributed by atoms with van der Waals surface area (Å²) in [7, 11) is 1.73. The molecular weight excluding hydrogens is 376 g/mol. The van der Waals surface area contributed by atoms with E-state index in [9.17, 15) is 10.2 Å². The summed E-state index contributed by atoms with van der Waals surface area (Å²) in [6.07, 6.45) is 11.7. The largest absolute Gasteiger partial charge is 0.512 e. The number of rotatable bonds is 7. The molecule has 30 heavy (non-hydrogen) atoms. The highest BCUT2D eigenvalue weighted by molar-refractivity contribution is 5.35. The van der Waals surface area contributed by atoms with E-state index in [4.69, 9.17) is 9.47 Å². The van der Waals surface area contributed by atoms with Crippen LogP contribution in [0.25, 0.3) is 0 Å². The van der Waals surface area contributed by atoms with Crippen molar-refractivity contribution < 1.29 is 19.7 Å². The predicted molar refractivity (Wildman–Crippen MR) is 122 cm³/mol. The maximum absolute atomic E-state index is 10.7. The lowest BCUT2D eigenvalue weighted by Crippen LogP contribution is -2.43. The smallest absolute Gasteiger partial charge is 0.119 e. The molecule has 1 fully saturated rings. The molecule has 0 bridgehead atoms. The van der Waals surface area contributed by atoms with Crippen LogP contribution in [0.2, 0.25) is 0 Å². The molecule has 3 atom stereocenters. The van der Waals surface area contributed by atoms with Crippen LogP contribution in [0.3, 0.4) is 0 Å². The monoisotopic (exact) mass is 418 g/mol. The van der Waals surface area contributed by atoms with E-state index in [1.807, 2.05) is 13.8 Å². The molecule has 0 aromatic heterocycles. The first kappa shape index (κ1) is 23.4. The summed E-state index contributed by atoms with van der Waals surface area (Å²) < 4.78 is 11.3. The van der Waals surface area contributed by atoms with Crippen molar-refractivity contribution in [3.8, 4) is 0 Å². The molecule has 0 spiro atoms. The third-order valence-corrected chi connectivity index (χ3v) is 7.86. The molecule has 1 saturated carbocycles. The summed E-state index contributed by atoms with van der Waals surface area (Å²) >= 11 is 0. The number of hydrogen-bond acceptors (Lipinski definition) is 4. The second kappa shape index (κ2) is 9.91. The van der Waals surface area contributed by atoms with Gasteiger partial charge in [0.2, 0.25) is 0 Å². The van der Waals surface area contributed by atoms with Gasteiger partial charge in [-0.15, -0.1) is 0 Å². The maximum atomic E-state index is 10.7. The fourth-order valence-corrected chi connectivity index (χ4v) is 6.26. The van der Waals surface area contributed by atoms with E-state index >= 15 is 0 Å². The van der Waals surface area contributed by atoms with Crippen LogP contribution in [0.4, 0.5) is 0 Å². The van der Waals surface area contributed by atoms with Gasteiger partial charge in [-0.05, 0) is 88.2 Å². The highest BCUT2D eigenvalue weighted by Crippen LogP contribution is 2.57. The quantitative estimate of drug-likeness (QED) is 0.486. The number of aliphatic hydroxyl groups excluding tert-OH is 2. The van der Waals surface area contributed by atoms with Gasteiger partial charge in [-0.3, -0.25) is 0 Å². The molecule has 0 radical (unpaired) electrons. The zero-order valence-corrected chi connectivity index (χ0v) is 19.7. The first-order valence-electron chi connectivity index (χ1n) is 11.9. The van der Waals surface area contributed by atoms with Crippen LogP contribution in [0.1, 0.15) is 79.1 Å². The van der Waals surface area contributed by atoms with Gasteiger partial charge >= 0.3 is 0 Å². The molecule has 2 N–H and O–H groups in total. The molecule has 0 aliphatic heterocycles. The van der Waals surface area contributed by atoms with E-state index in [0.29, 0.717) is 36.6 Å². The molecule has 4 heteroatoms. The van der Waals surface area contributed by atoms with Gasteiger partial charge in [-0.25, -0.2) is 0 Å². The number of aliphatic hydroxyl groups is 2. The normalized spacial score (nSPS) is 30.1. The SMILES string of the molecule is COCC1CC(C2(C3C=C(COC(C)C)C(O)=C(C)C3)CCCCC2)CC(C)=C1O. The second-order valence-electron chi connectivity index (χ2n) is 10.2. The molecule has 3 aliphatic carbocycles. The van der Waals surface area contributed by atoms with E-state index in [1.54, 1.807) is 7.11 Å². The van der Waals surface area contributed by atoms with Crippen molar-refractivity contribution in [3.63, 3.8) is 0 Å². The Labute approximate surface area is 183 Å². The summed E-state index contributed by atoms with van der Waals surface area (Å²) in [5, 5.41) is 21.4. The Morgan fingerprint density at radius 2 is 1.77 bits per heavy atom. The fraction of sp³-hybridized carbons (Fsp3) is 0.769. The molecule has 0 amide bonds. The number of ether oxygens (including phenoxy) is 2. The van der Waals surface area contributed by atoms with Gasteiger partial charge in [0.1, 0.15) is 5.76 Å². The average Bonchev–Trinajstić information content (AvgIpc) is 2.72. The molecule has 0 aromatic rings. The van der Waals surface area contributed by atoms with Crippen molar-refractivity contribution in [3.05, 3.63) is 34.3 Å². The number of methoxy groups -OCH3 is 1. The highest BCUT2D eigenvalue weighted by Gasteiger charge is 2.48. The standard InChI is InChI=1S/C26H42O4/c1-17(2)30-16-21-14-23(12-19(4)25(21)28)26(9-7-6-8-10-26)22-11-18(3)24(27)20(13-22)15-29-5/h14,17,20,22-23,27-28H,6-13,15-16H2,1-5H3. The predicted octanol–water partition coefficient (Wildman–Crippen LogP) is 6.64. The Kier molecular flexibility index (Phi) is 7.73. The van der Waals surface area contributed by atoms with Crippen molar-refractivity contribution in [2.45, 2.75) is 85.2 Å². The number of allylic oxidation sites excluding steroid dienone is 3. The van der Waals surface area contributed by atoms with Gasteiger partial charge in [0.05, 0.1) is 25.1 Å². The Hall–Kier alpha value is -1.26. The van der Waals surface area contributed by atoms with Crippen LogP contribution in [-0.2, 0) is 9.47 Å². The van der Waals surface area contributed by atoms with Crippen molar-refractivity contribution in [2.75, 3.05) is 20.3 Å². The maximum Gasteiger partial charge on any atom is 0.119 e. The third kappa shape index (κ3) is 4.80. The van der Waals surface area contributed by atoms with E-state index < -0.39 is 0 Å². The Morgan fingerprint density at radius 1 is 1.07 bits per heavy atom. The Bertz CT molecular complexity index is 694. The molecule has 3 aliphatic rings. The highest BCUT2D eigenvalue weighted by atomic mass is 16.5. The van der Waals surface area contributed by atoms with Crippen molar-refractivity contribution >= 4 is 0 Å². The average molecular weight is 419 g/mol. The minimum Gasteiger partial charge on any atom is -0.512 e. The van der Waals surface area contributed by atoms with E-state index in [2.05, 4.69) is 19.9 Å². The zero-order valence-electron chi connectivity index (χ0n) is 19.7. The molecule has 4 nitrogen and oxygen atoms in total. The van der Waals surface area contributed by atoms with Crippen LogP contribution >= 0.6 is 0 Å². The fourth-order valence-electron chi connectivity index (χ4n) is 6.26. The summed E-state index contributed by atoms with van der Waals surface area (Å²) in [4.78, 5) is 0. The minimum absolute atomic E-state index is 0.105. The number of hydrogen-bond donors (Lipinski definition) is 2. The molecule has 0 aromatic carbocycles. The van der Waals surface area contributed by atoms with Gasteiger partial charge in [-0.2, -0.15) is 0 Å². The van der Waals surface area contributed by atoms with Crippen molar-refractivity contribution in [1.29, 1.82) is 0 Å².